The summed E-state index contributed by atoms with van der Waals surface area (Å²) in [6.45, 7) is 0.787. The Kier molecular flexibility index (Phi) is 8.22. The lowest BCUT2D eigenvalue weighted by Gasteiger charge is -2.25. The highest BCUT2D eigenvalue weighted by molar-refractivity contribution is 7.99. The van der Waals surface area contributed by atoms with Crippen LogP contribution in [0.2, 0.25) is 0 Å². The molecule has 2 N–H and O–H groups in total. The number of halogens is 4. The van der Waals surface area contributed by atoms with Gasteiger partial charge in [0.25, 0.3) is 0 Å². The normalized spacial score (nSPS) is 19.5. The van der Waals surface area contributed by atoms with E-state index in [0.717, 1.165) is 18.1 Å². The Bertz CT molecular complexity index is 481. The number of amides is 1. The number of hydrogen-bond donors (Lipinski definition) is 2. The summed E-state index contributed by atoms with van der Waals surface area (Å²) in [5, 5.41) is 5.29. The van der Waals surface area contributed by atoms with Crippen molar-refractivity contribution in [1.82, 2.24) is 10.6 Å². The predicted octanol–water partition coefficient (Wildman–Crippen LogP) is 2.79. The highest BCUT2D eigenvalue weighted by Crippen LogP contribution is 2.23. The molecule has 0 saturated carbocycles. The molecule has 1 aromatic rings. The summed E-state index contributed by atoms with van der Waals surface area (Å²) in [6, 6.07) is 6.48. The number of nitrogens with one attached hydrogen (secondary N) is 2. The molecule has 0 aliphatic carbocycles. The van der Waals surface area contributed by atoms with Crippen LogP contribution in [-0.4, -0.2) is 42.2 Å². The van der Waals surface area contributed by atoms with E-state index < -0.39 is 18.1 Å². The third-order valence-corrected chi connectivity index (χ3v) is 4.57. The van der Waals surface area contributed by atoms with Gasteiger partial charge in [-0.15, -0.1) is 12.4 Å². The van der Waals surface area contributed by atoms with Gasteiger partial charge >= 0.3 is 6.18 Å². The molecule has 1 aliphatic heterocycles. The van der Waals surface area contributed by atoms with Crippen molar-refractivity contribution in [2.45, 2.75) is 31.1 Å². The van der Waals surface area contributed by atoms with Crippen molar-refractivity contribution in [3.8, 4) is 0 Å². The lowest BCUT2D eigenvalue weighted by molar-refractivity contribution is -0.161. The van der Waals surface area contributed by atoms with Gasteiger partial charge in [0.05, 0.1) is 0 Å². The van der Waals surface area contributed by atoms with Crippen LogP contribution in [0.25, 0.3) is 0 Å². The number of carbonyl (C=O) groups excluding carboxylic acids is 1. The van der Waals surface area contributed by atoms with Gasteiger partial charge in [0.1, 0.15) is 6.04 Å². The molecule has 1 heterocycles. The Labute approximate surface area is 144 Å². The first-order valence-corrected chi connectivity index (χ1v) is 8.32. The van der Waals surface area contributed by atoms with Crippen LogP contribution in [-0.2, 0) is 11.2 Å². The van der Waals surface area contributed by atoms with Gasteiger partial charge in [0.2, 0.25) is 5.91 Å². The van der Waals surface area contributed by atoms with Crippen LogP contribution >= 0.6 is 24.2 Å². The van der Waals surface area contributed by atoms with Gasteiger partial charge in [-0.1, -0.05) is 30.3 Å². The van der Waals surface area contributed by atoms with E-state index >= 15 is 0 Å². The van der Waals surface area contributed by atoms with Crippen molar-refractivity contribution >= 4 is 30.1 Å². The number of hydrogen-bond acceptors (Lipinski definition) is 3. The van der Waals surface area contributed by atoms with Gasteiger partial charge in [0, 0.05) is 36.9 Å². The second-order valence-electron chi connectivity index (χ2n) is 5.28. The van der Waals surface area contributed by atoms with Gasteiger partial charge in [-0.05, 0) is 5.56 Å². The molecule has 1 aliphatic rings. The second-order valence-corrected chi connectivity index (χ2v) is 6.43. The van der Waals surface area contributed by atoms with Gasteiger partial charge < -0.3 is 10.6 Å². The van der Waals surface area contributed by atoms with Gasteiger partial charge in [0.15, 0.2) is 0 Å². The fourth-order valence-electron chi connectivity index (χ4n) is 2.33. The molecular weight excluding hydrogens is 349 g/mol. The molecule has 2 rings (SSSR count). The first-order chi connectivity index (χ1) is 10.4. The van der Waals surface area contributed by atoms with Crippen LogP contribution < -0.4 is 10.6 Å². The molecule has 0 radical (unpaired) electrons. The fraction of sp³-hybridized carbons (Fsp3) is 0.533. The van der Waals surface area contributed by atoms with E-state index in [1.165, 1.54) is 0 Å². The number of rotatable bonds is 5. The highest BCUT2D eigenvalue weighted by Gasteiger charge is 2.40. The molecule has 2 atom stereocenters. The molecule has 130 valence electrons. The van der Waals surface area contributed by atoms with Crippen LogP contribution in [0.5, 0.6) is 0 Å². The minimum Gasteiger partial charge on any atom is -0.344 e. The van der Waals surface area contributed by atoms with Gasteiger partial charge in [-0.3, -0.25) is 4.79 Å². The summed E-state index contributed by atoms with van der Waals surface area (Å²) >= 11 is 1.71. The fourth-order valence-corrected chi connectivity index (χ4v) is 3.28. The lowest BCUT2D eigenvalue weighted by atomic mass is 10.1. The molecule has 2 unspecified atom stereocenters. The minimum atomic E-state index is -4.46. The smallest absolute Gasteiger partial charge is 0.344 e. The van der Waals surface area contributed by atoms with Crippen LogP contribution in [0, 0.1) is 0 Å². The summed E-state index contributed by atoms with van der Waals surface area (Å²) < 4.78 is 39.3. The average Bonchev–Trinajstić information content (AvgIpc) is 2.48. The molecule has 1 fully saturated rings. The van der Waals surface area contributed by atoms with Crippen molar-refractivity contribution in [1.29, 1.82) is 0 Å². The van der Waals surface area contributed by atoms with E-state index in [1.807, 2.05) is 0 Å². The van der Waals surface area contributed by atoms with E-state index in [2.05, 4.69) is 10.6 Å². The van der Waals surface area contributed by atoms with E-state index in [4.69, 9.17) is 0 Å². The third-order valence-electron chi connectivity index (χ3n) is 3.44. The maximum Gasteiger partial charge on any atom is 0.408 e. The quantitative estimate of drug-likeness (QED) is 0.839. The monoisotopic (exact) mass is 368 g/mol. The van der Waals surface area contributed by atoms with Crippen LogP contribution in [0.15, 0.2) is 30.3 Å². The molecule has 1 amide bonds. The largest absolute Gasteiger partial charge is 0.408 e. The number of benzene rings is 1. The number of carbonyl (C=O) groups is 1. The minimum absolute atomic E-state index is 0. The summed E-state index contributed by atoms with van der Waals surface area (Å²) in [5.74, 6) is 1.17. The predicted molar refractivity (Wildman–Crippen MR) is 89.1 cm³/mol. The lowest BCUT2D eigenvalue weighted by Crippen LogP contribution is -2.49. The third kappa shape index (κ3) is 7.01. The van der Waals surface area contributed by atoms with Crippen molar-refractivity contribution in [3.63, 3.8) is 0 Å². The van der Waals surface area contributed by atoms with Gasteiger partial charge in [-0.2, -0.15) is 24.9 Å². The van der Waals surface area contributed by atoms with E-state index in [-0.39, 0.29) is 31.3 Å². The van der Waals surface area contributed by atoms with Crippen molar-refractivity contribution in [2.24, 2.45) is 0 Å². The molecule has 23 heavy (non-hydrogen) atoms. The molecule has 1 aromatic carbocycles. The zero-order chi connectivity index (χ0) is 16.0. The maximum absolute atomic E-state index is 13.1. The highest BCUT2D eigenvalue weighted by atomic mass is 35.5. The van der Waals surface area contributed by atoms with E-state index in [0.29, 0.717) is 5.56 Å². The Hall–Kier alpha value is -0.920. The Morgan fingerprint density at radius 2 is 2.04 bits per heavy atom. The topological polar surface area (TPSA) is 41.1 Å². The summed E-state index contributed by atoms with van der Waals surface area (Å²) in [6.07, 6.45) is -4.63. The first-order valence-electron chi connectivity index (χ1n) is 7.16. The Morgan fingerprint density at radius 1 is 1.35 bits per heavy atom. The Morgan fingerprint density at radius 3 is 2.61 bits per heavy atom. The number of alkyl halides is 3. The average molecular weight is 369 g/mol. The van der Waals surface area contributed by atoms with Gasteiger partial charge in [-0.25, -0.2) is 0 Å². The van der Waals surface area contributed by atoms with Crippen LogP contribution in [0.3, 0.4) is 0 Å². The molecule has 3 nitrogen and oxygen atoms in total. The molecule has 0 spiro atoms. The molecule has 0 aromatic heterocycles. The molecule has 1 saturated heterocycles. The van der Waals surface area contributed by atoms with E-state index in [9.17, 15) is 18.0 Å². The van der Waals surface area contributed by atoms with Crippen molar-refractivity contribution < 1.29 is 18.0 Å². The first kappa shape index (κ1) is 20.1. The summed E-state index contributed by atoms with van der Waals surface area (Å²) in [4.78, 5) is 11.9. The molecular formula is C15H20ClF3N2OS. The van der Waals surface area contributed by atoms with Crippen molar-refractivity contribution in [2.75, 3.05) is 18.1 Å². The standard InChI is InChI=1S/C15H19F3N2OS.ClH/c16-15(17,18)13(8-11-4-2-1-3-5-11)20-14(21)9-12-10-22-7-6-19-12;/h1-5,12-13,19H,6-10H2,(H,20,21);1H. The maximum atomic E-state index is 13.1. The van der Waals surface area contributed by atoms with Crippen LogP contribution in [0.4, 0.5) is 13.2 Å². The molecule has 8 heteroatoms. The zero-order valence-corrected chi connectivity index (χ0v) is 14.1. The Balaban J connectivity index is 0.00000264. The van der Waals surface area contributed by atoms with E-state index in [1.54, 1.807) is 42.1 Å². The molecule has 0 bridgehead atoms. The zero-order valence-electron chi connectivity index (χ0n) is 12.4. The SMILES string of the molecule is Cl.O=C(CC1CSCCN1)NC(Cc1ccccc1)C(F)(F)F. The summed E-state index contributed by atoms with van der Waals surface area (Å²) in [7, 11) is 0. The second kappa shape index (κ2) is 9.39. The summed E-state index contributed by atoms with van der Waals surface area (Å²) in [5.41, 5.74) is 0.552. The van der Waals surface area contributed by atoms with Crippen molar-refractivity contribution in [3.05, 3.63) is 35.9 Å². The van der Waals surface area contributed by atoms with Crippen LogP contribution in [0.1, 0.15) is 12.0 Å². The number of thioether (sulfide) groups is 1.